The second-order valence-corrected chi connectivity index (χ2v) is 7.32. The quantitative estimate of drug-likeness (QED) is 0.753. The molecule has 2 atom stereocenters. The van der Waals surface area contributed by atoms with Crippen LogP contribution in [-0.2, 0) is 0 Å². The SMILES string of the molecule is CCC(C)C(CC(C)(C)C)c1ccc(O)c(Br)c1. The van der Waals surface area contributed by atoms with Crippen molar-refractivity contribution in [1.29, 1.82) is 0 Å². The standard InChI is InChI=1S/C16H25BrO/c1-6-11(2)13(10-16(3,4)5)12-7-8-15(18)14(17)9-12/h7-9,11,13,18H,6,10H2,1-5H3. The Balaban J connectivity index is 3.05. The van der Waals surface area contributed by atoms with E-state index in [9.17, 15) is 5.11 Å². The van der Waals surface area contributed by atoms with Crippen LogP contribution in [0.4, 0.5) is 0 Å². The van der Waals surface area contributed by atoms with Gasteiger partial charge in [0.05, 0.1) is 4.47 Å². The minimum absolute atomic E-state index is 0.317. The monoisotopic (exact) mass is 312 g/mol. The normalized spacial score (nSPS) is 15.4. The maximum absolute atomic E-state index is 9.61. The van der Waals surface area contributed by atoms with E-state index in [-0.39, 0.29) is 0 Å². The molecule has 0 saturated heterocycles. The first-order chi connectivity index (χ1) is 8.24. The fourth-order valence-electron chi connectivity index (χ4n) is 2.35. The van der Waals surface area contributed by atoms with Crippen molar-refractivity contribution < 1.29 is 5.11 Å². The number of hydrogen-bond acceptors (Lipinski definition) is 1. The van der Waals surface area contributed by atoms with Gasteiger partial charge in [-0.25, -0.2) is 0 Å². The highest BCUT2D eigenvalue weighted by Crippen LogP contribution is 2.39. The van der Waals surface area contributed by atoms with Crippen LogP contribution in [0.1, 0.15) is 58.9 Å². The summed E-state index contributed by atoms with van der Waals surface area (Å²) in [6.45, 7) is 11.4. The van der Waals surface area contributed by atoms with E-state index in [1.54, 1.807) is 6.07 Å². The van der Waals surface area contributed by atoms with E-state index >= 15 is 0 Å². The van der Waals surface area contributed by atoms with Gasteiger partial charge in [-0.2, -0.15) is 0 Å². The van der Waals surface area contributed by atoms with E-state index in [1.165, 1.54) is 18.4 Å². The zero-order valence-corrected chi connectivity index (χ0v) is 13.7. The number of aromatic hydroxyl groups is 1. The van der Waals surface area contributed by atoms with Crippen molar-refractivity contribution in [3.8, 4) is 5.75 Å². The van der Waals surface area contributed by atoms with Gasteiger partial charge < -0.3 is 5.11 Å². The molecule has 0 aromatic heterocycles. The van der Waals surface area contributed by atoms with Gasteiger partial charge in [0.15, 0.2) is 0 Å². The summed E-state index contributed by atoms with van der Waals surface area (Å²) in [5.74, 6) is 1.52. The first-order valence-corrected chi connectivity index (χ1v) is 7.52. The van der Waals surface area contributed by atoms with E-state index in [1.807, 2.05) is 0 Å². The van der Waals surface area contributed by atoms with Crippen LogP contribution in [0.3, 0.4) is 0 Å². The fraction of sp³-hybridized carbons (Fsp3) is 0.625. The second kappa shape index (κ2) is 6.10. The lowest BCUT2D eigenvalue weighted by molar-refractivity contribution is 0.288. The summed E-state index contributed by atoms with van der Waals surface area (Å²) in [6, 6.07) is 5.91. The Labute approximate surface area is 120 Å². The Kier molecular flexibility index (Phi) is 5.27. The molecule has 0 amide bonds. The van der Waals surface area contributed by atoms with Crippen LogP contribution >= 0.6 is 15.9 Å². The summed E-state index contributed by atoms with van der Waals surface area (Å²) in [7, 11) is 0. The summed E-state index contributed by atoms with van der Waals surface area (Å²) in [5.41, 5.74) is 1.64. The molecule has 0 aliphatic carbocycles. The van der Waals surface area contributed by atoms with Crippen molar-refractivity contribution in [3.63, 3.8) is 0 Å². The predicted octanol–water partition coefficient (Wildman–Crippen LogP) is 5.72. The molecule has 102 valence electrons. The predicted molar refractivity (Wildman–Crippen MR) is 82.1 cm³/mol. The number of hydrogen-bond donors (Lipinski definition) is 1. The molecule has 18 heavy (non-hydrogen) atoms. The van der Waals surface area contributed by atoms with Gasteiger partial charge in [0.2, 0.25) is 0 Å². The molecule has 1 N–H and O–H groups in total. The molecule has 0 fully saturated rings. The number of phenols is 1. The molecular weight excluding hydrogens is 288 g/mol. The lowest BCUT2D eigenvalue weighted by atomic mass is 9.75. The fourth-order valence-corrected chi connectivity index (χ4v) is 2.74. The van der Waals surface area contributed by atoms with E-state index < -0.39 is 0 Å². The summed E-state index contributed by atoms with van der Waals surface area (Å²) >= 11 is 3.42. The number of benzene rings is 1. The minimum Gasteiger partial charge on any atom is -0.507 e. The van der Waals surface area contributed by atoms with Gasteiger partial charge in [-0.1, -0.05) is 47.1 Å². The van der Waals surface area contributed by atoms with E-state index in [0.29, 0.717) is 23.0 Å². The Morgan fingerprint density at radius 2 is 1.89 bits per heavy atom. The van der Waals surface area contributed by atoms with Crippen LogP contribution in [-0.4, -0.2) is 5.11 Å². The van der Waals surface area contributed by atoms with Crippen LogP contribution in [0.5, 0.6) is 5.75 Å². The largest absolute Gasteiger partial charge is 0.507 e. The molecule has 0 aliphatic rings. The molecule has 0 bridgehead atoms. The van der Waals surface area contributed by atoms with Crippen LogP contribution < -0.4 is 0 Å². The molecule has 1 nitrogen and oxygen atoms in total. The second-order valence-electron chi connectivity index (χ2n) is 6.47. The third-order valence-electron chi connectivity index (χ3n) is 3.56. The van der Waals surface area contributed by atoms with E-state index in [0.717, 1.165) is 4.47 Å². The first-order valence-electron chi connectivity index (χ1n) is 6.73. The highest BCUT2D eigenvalue weighted by Gasteiger charge is 2.24. The van der Waals surface area contributed by atoms with Crippen molar-refractivity contribution in [1.82, 2.24) is 0 Å². The van der Waals surface area contributed by atoms with Gasteiger partial charge in [-0.15, -0.1) is 0 Å². The average molecular weight is 313 g/mol. The van der Waals surface area contributed by atoms with Gasteiger partial charge >= 0.3 is 0 Å². The summed E-state index contributed by atoms with van der Waals surface area (Å²) < 4.78 is 0.794. The topological polar surface area (TPSA) is 20.2 Å². The van der Waals surface area contributed by atoms with Gasteiger partial charge in [-0.05, 0) is 57.3 Å². The van der Waals surface area contributed by atoms with Crippen LogP contribution in [0.15, 0.2) is 22.7 Å². The van der Waals surface area contributed by atoms with Crippen LogP contribution in [0, 0.1) is 11.3 Å². The van der Waals surface area contributed by atoms with Crippen molar-refractivity contribution in [2.24, 2.45) is 11.3 Å². The molecule has 0 spiro atoms. The summed E-state index contributed by atoms with van der Waals surface area (Å²) in [5, 5.41) is 9.61. The Bertz CT molecular complexity index is 393. The lowest BCUT2D eigenvalue weighted by Gasteiger charge is -2.30. The van der Waals surface area contributed by atoms with Crippen molar-refractivity contribution >= 4 is 15.9 Å². The highest BCUT2D eigenvalue weighted by molar-refractivity contribution is 9.10. The molecular formula is C16H25BrO. The van der Waals surface area contributed by atoms with Gasteiger partial charge in [0.1, 0.15) is 5.75 Å². The van der Waals surface area contributed by atoms with E-state index in [2.05, 4.69) is 62.7 Å². The first kappa shape index (κ1) is 15.6. The molecule has 2 unspecified atom stereocenters. The van der Waals surface area contributed by atoms with E-state index in [4.69, 9.17) is 0 Å². The highest BCUT2D eigenvalue weighted by atomic mass is 79.9. The average Bonchev–Trinajstić information content (AvgIpc) is 2.27. The minimum atomic E-state index is 0.317. The number of phenolic OH excluding ortho intramolecular Hbond substituents is 1. The Morgan fingerprint density at radius 3 is 2.33 bits per heavy atom. The van der Waals surface area contributed by atoms with Crippen molar-refractivity contribution in [2.45, 2.75) is 53.4 Å². The number of halogens is 1. The van der Waals surface area contributed by atoms with Gasteiger partial charge in [0, 0.05) is 0 Å². The maximum Gasteiger partial charge on any atom is 0.129 e. The maximum atomic E-state index is 9.61. The molecule has 1 aromatic rings. The molecule has 0 saturated carbocycles. The van der Waals surface area contributed by atoms with Gasteiger partial charge in [-0.3, -0.25) is 0 Å². The molecule has 0 aliphatic heterocycles. The lowest BCUT2D eigenvalue weighted by Crippen LogP contribution is -2.17. The molecule has 1 aromatic carbocycles. The van der Waals surface area contributed by atoms with Crippen LogP contribution in [0.25, 0.3) is 0 Å². The molecule has 0 radical (unpaired) electrons. The third kappa shape index (κ3) is 4.31. The Hall–Kier alpha value is -0.500. The zero-order valence-electron chi connectivity index (χ0n) is 12.1. The molecule has 1 rings (SSSR count). The van der Waals surface area contributed by atoms with Crippen LogP contribution in [0.2, 0.25) is 0 Å². The molecule has 0 heterocycles. The Morgan fingerprint density at radius 1 is 1.28 bits per heavy atom. The van der Waals surface area contributed by atoms with Crippen molar-refractivity contribution in [2.75, 3.05) is 0 Å². The third-order valence-corrected chi connectivity index (χ3v) is 4.20. The number of rotatable bonds is 4. The summed E-state index contributed by atoms with van der Waals surface area (Å²) in [6.07, 6.45) is 2.35. The zero-order chi connectivity index (χ0) is 13.9. The summed E-state index contributed by atoms with van der Waals surface area (Å²) in [4.78, 5) is 0. The molecule has 2 heteroatoms. The van der Waals surface area contributed by atoms with Crippen molar-refractivity contribution in [3.05, 3.63) is 28.2 Å². The smallest absolute Gasteiger partial charge is 0.129 e. The van der Waals surface area contributed by atoms with Gasteiger partial charge in [0.25, 0.3) is 0 Å².